The first-order chi connectivity index (χ1) is 10.3. The molecule has 2 aromatic rings. The Hall–Kier alpha value is -2.00. The summed E-state index contributed by atoms with van der Waals surface area (Å²) in [5.74, 6) is 2.08. The van der Waals surface area contributed by atoms with Gasteiger partial charge in [0.25, 0.3) is 0 Å². The van der Waals surface area contributed by atoms with Crippen molar-refractivity contribution in [3.63, 3.8) is 0 Å². The van der Waals surface area contributed by atoms with Crippen LogP contribution in [0.5, 0.6) is 11.5 Å². The van der Waals surface area contributed by atoms with Crippen molar-refractivity contribution in [3.05, 3.63) is 59.2 Å². The van der Waals surface area contributed by atoms with E-state index in [1.807, 2.05) is 25.1 Å². The molecule has 1 aliphatic rings. The van der Waals surface area contributed by atoms with E-state index in [1.165, 1.54) is 11.1 Å². The summed E-state index contributed by atoms with van der Waals surface area (Å²) in [6.07, 6.45) is 1.10. The number of benzene rings is 2. The van der Waals surface area contributed by atoms with E-state index in [0.29, 0.717) is 25.7 Å². The van der Waals surface area contributed by atoms with Crippen LogP contribution in [-0.2, 0) is 13.0 Å². The first-order valence-corrected chi connectivity index (χ1v) is 7.48. The maximum atomic E-state index is 5.98. The molecule has 0 fully saturated rings. The van der Waals surface area contributed by atoms with Crippen molar-refractivity contribution < 1.29 is 9.47 Å². The lowest BCUT2D eigenvalue weighted by atomic mass is 9.78. The summed E-state index contributed by atoms with van der Waals surface area (Å²) in [5, 5.41) is 0. The molecule has 0 bridgehead atoms. The van der Waals surface area contributed by atoms with Gasteiger partial charge in [-0.2, -0.15) is 0 Å². The SMILES string of the molecule is CCOc1cc(CN)ccc1OCC1Cc2ccccc21. The van der Waals surface area contributed by atoms with E-state index in [2.05, 4.69) is 24.3 Å². The van der Waals surface area contributed by atoms with Crippen molar-refractivity contribution in [3.8, 4) is 11.5 Å². The second-order valence-corrected chi connectivity index (χ2v) is 5.33. The van der Waals surface area contributed by atoms with Crippen LogP contribution >= 0.6 is 0 Å². The van der Waals surface area contributed by atoms with Crippen LogP contribution in [-0.4, -0.2) is 13.2 Å². The number of hydrogen-bond acceptors (Lipinski definition) is 3. The van der Waals surface area contributed by atoms with Gasteiger partial charge in [0, 0.05) is 12.5 Å². The molecule has 0 radical (unpaired) electrons. The minimum Gasteiger partial charge on any atom is -0.490 e. The minimum absolute atomic E-state index is 0.491. The molecule has 1 aliphatic carbocycles. The summed E-state index contributed by atoms with van der Waals surface area (Å²) < 4.78 is 11.6. The molecule has 0 aliphatic heterocycles. The van der Waals surface area contributed by atoms with Crippen LogP contribution in [0.25, 0.3) is 0 Å². The van der Waals surface area contributed by atoms with E-state index < -0.39 is 0 Å². The Morgan fingerprint density at radius 2 is 1.95 bits per heavy atom. The largest absolute Gasteiger partial charge is 0.490 e. The standard InChI is InChI=1S/C18H21NO2/c1-2-20-18-9-13(11-19)7-8-17(18)21-12-15-10-14-5-3-4-6-16(14)15/h3-9,15H,2,10-12,19H2,1H3. The molecule has 0 heterocycles. The molecule has 0 spiro atoms. The third kappa shape index (κ3) is 2.88. The molecule has 2 aromatic carbocycles. The predicted molar refractivity (Wildman–Crippen MR) is 83.9 cm³/mol. The second-order valence-electron chi connectivity index (χ2n) is 5.33. The minimum atomic E-state index is 0.491. The number of nitrogens with two attached hydrogens (primary N) is 1. The highest BCUT2D eigenvalue weighted by atomic mass is 16.5. The Morgan fingerprint density at radius 3 is 2.71 bits per heavy atom. The summed E-state index contributed by atoms with van der Waals surface area (Å²) in [6, 6.07) is 14.5. The fourth-order valence-electron chi connectivity index (χ4n) is 2.77. The molecule has 3 rings (SSSR count). The third-order valence-electron chi connectivity index (χ3n) is 3.94. The topological polar surface area (TPSA) is 44.5 Å². The van der Waals surface area contributed by atoms with Gasteiger partial charge in [-0.15, -0.1) is 0 Å². The first-order valence-electron chi connectivity index (χ1n) is 7.48. The van der Waals surface area contributed by atoms with Gasteiger partial charge in [-0.05, 0) is 42.2 Å². The van der Waals surface area contributed by atoms with Crippen LogP contribution in [0.4, 0.5) is 0 Å². The summed E-state index contributed by atoms with van der Waals surface area (Å²) >= 11 is 0. The van der Waals surface area contributed by atoms with Crippen LogP contribution in [0.1, 0.15) is 29.5 Å². The molecule has 0 saturated heterocycles. The van der Waals surface area contributed by atoms with Gasteiger partial charge in [0.15, 0.2) is 11.5 Å². The van der Waals surface area contributed by atoms with E-state index >= 15 is 0 Å². The fourth-order valence-corrected chi connectivity index (χ4v) is 2.77. The lowest BCUT2D eigenvalue weighted by molar-refractivity contribution is 0.251. The van der Waals surface area contributed by atoms with E-state index in [1.54, 1.807) is 0 Å². The highest BCUT2D eigenvalue weighted by molar-refractivity contribution is 5.44. The van der Waals surface area contributed by atoms with Gasteiger partial charge in [0.2, 0.25) is 0 Å². The summed E-state index contributed by atoms with van der Waals surface area (Å²) in [7, 11) is 0. The third-order valence-corrected chi connectivity index (χ3v) is 3.94. The first kappa shape index (κ1) is 14.0. The zero-order chi connectivity index (χ0) is 14.7. The monoisotopic (exact) mass is 283 g/mol. The van der Waals surface area contributed by atoms with Crippen LogP contribution in [0.3, 0.4) is 0 Å². The van der Waals surface area contributed by atoms with Crippen LogP contribution < -0.4 is 15.2 Å². The second kappa shape index (κ2) is 6.19. The Bertz CT molecular complexity index is 624. The van der Waals surface area contributed by atoms with Gasteiger partial charge in [-0.25, -0.2) is 0 Å². The maximum absolute atomic E-state index is 5.98. The highest BCUT2D eigenvalue weighted by Gasteiger charge is 2.26. The van der Waals surface area contributed by atoms with E-state index in [0.717, 1.165) is 23.5 Å². The number of rotatable bonds is 6. The molecular formula is C18H21NO2. The smallest absolute Gasteiger partial charge is 0.161 e. The number of fused-ring (bicyclic) bond motifs is 1. The number of hydrogen-bond donors (Lipinski definition) is 1. The van der Waals surface area contributed by atoms with Gasteiger partial charge in [-0.3, -0.25) is 0 Å². The number of ether oxygens (including phenoxy) is 2. The van der Waals surface area contributed by atoms with E-state index in [-0.39, 0.29) is 0 Å². The molecule has 0 aromatic heterocycles. The molecular weight excluding hydrogens is 262 g/mol. The molecule has 3 nitrogen and oxygen atoms in total. The summed E-state index contributed by atoms with van der Waals surface area (Å²) in [5.41, 5.74) is 9.58. The zero-order valence-electron chi connectivity index (χ0n) is 12.3. The van der Waals surface area contributed by atoms with Gasteiger partial charge < -0.3 is 15.2 Å². The van der Waals surface area contributed by atoms with Crippen molar-refractivity contribution in [1.29, 1.82) is 0 Å². The molecule has 3 heteroatoms. The molecule has 1 unspecified atom stereocenters. The molecule has 2 N–H and O–H groups in total. The quantitative estimate of drug-likeness (QED) is 0.885. The molecule has 110 valence electrons. The molecule has 1 atom stereocenters. The van der Waals surface area contributed by atoms with Crippen molar-refractivity contribution in [1.82, 2.24) is 0 Å². The van der Waals surface area contributed by atoms with Crippen LogP contribution in [0.2, 0.25) is 0 Å². The van der Waals surface area contributed by atoms with E-state index in [9.17, 15) is 0 Å². The highest BCUT2D eigenvalue weighted by Crippen LogP contribution is 2.36. The van der Waals surface area contributed by atoms with Crippen molar-refractivity contribution in [2.75, 3.05) is 13.2 Å². The normalized spacial score (nSPS) is 16.0. The van der Waals surface area contributed by atoms with Gasteiger partial charge >= 0.3 is 0 Å². The van der Waals surface area contributed by atoms with Gasteiger partial charge in [0.1, 0.15) is 0 Å². The summed E-state index contributed by atoms with van der Waals surface area (Å²) in [4.78, 5) is 0. The Labute approximate surface area is 125 Å². The van der Waals surface area contributed by atoms with E-state index in [4.69, 9.17) is 15.2 Å². The average molecular weight is 283 g/mol. The summed E-state index contributed by atoms with van der Waals surface area (Å²) in [6.45, 7) is 3.80. The zero-order valence-corrected chi connectivity index (χ0v) is 12.3. The van der Waals surface area contributed by atoms with Crippen molar-refractivity contribution >= 4 is 0 Å². The molecule has 21 heavy (non-hydrogen) atoms. The average Bonchev–Trinajstić information content (AvgIpc) is 2.49. The molecule has 0 amide bonds. The predicted octanol–water partition coefficient (Wildman–Crippen LogP) is 3.26. The fraction of sp³-hybridized carbons (Fsp3) is 0.333. The van der Waals surface area contributed by atoms with Crippen LogP contribution in [0, 0.1) is 0 Å². The maximum Gasteiger partial charge on any atom is 0.161 e. The van der Waals surface area contributed by atoms with Crippen LogP contribution in [0.15, 0.2) is 42.5 Å². The lowest BCUT2D eigenvalue weighted by Gasteiger charge is -2.30. The van der Waals surface area contributed by atoms with Crippen molar-refractivity contribution in [2.24, 2.45) is 5.73 Å². The Kier molecular flexibility index (Phi) is 4.11. The van der Waals surface area contributed by atoms with Gasteiger partial charge in [-0.1, -0.05) is 30.3 Å². The molecule has 0 saturated carbocycles. The Morgan fingerprint density at radius 1 is 1.10 bits per heavy atom. The Balaban J connectivity index is 1.68. The lowest BCUT2D eigenvalue weighted by Crippen LogP contribution is -2.23. The van der Waals surface area contributed by atoms with Crippen molar-refractivity contribution in [2.45, 2.75) is 25.8 Å². The van der Waals surface area contributed by atoms with Gasteiger partial charge in [0.05, 0.1) is 13.2 Å².